The molecule has 1 aromatic rings. The molecule has 2 nitrogen and oxygen atoms in total. The summed E-state index contributed by atoms with van der Waals surface area (Å²) in [7, 11) is 0. The molecule has 0 radical (unpaired) electrons. The first-order valence-corrected chi connectivity index (χ1v) is 6.17. The van der Waals surface area contributed by atoms with Gasteiger partial charge in [-0.05, 0) is 36.6 Å². The molecule has 16 heavy (non-hydrogen) atoms. The van der Waals surface area contributed by atoms with Crippen molar-refractivity contribution in [3.63, 3.8) is 0 Å². The quantitative estimate of drug-likeness (QED) is 0.715. The summed E-state index contributed by atoms with van der Waals surface area (Å²) in [5.41, 5.74) is 1.33. The maximum absolute atomic E-state index is 5.68. The highest BCUT2D eigenvalue weighted by molar-refractivity contribution is 5.30. The van der Waals surface area contributed by atoms with Gasteiger partial charge < -0.3 is 10.1 Å². The Labute approximate surface area is 100 Å². The second kappa shape index (κ2) is 7.29. The van der Waals surface area contributed by atoms with Crippen LogP contribution in [0.15, 0.2) is 24.3 Å². The first-order valence-electron chi connectivity index (χ1n) is 6.17. The Bertz CT molecular complexity index is 302. The van der Waals surface area contributed by atoms with Crippen molar-refractivity contribution in [2.24, 2.45) is 0 Å². The van der Waals surface area contributed by atoms with Gasteiger partial charge in [0.1, 0.15) is 12.4 Å². The van der Waals surface area contributed by atoms with Crippen LogP contribution in [0.3, 0.4) is 0 Å². The molecule has 0 unspecified atom stereocenters. The number of rotatable bonds is 7. The van der Waals surface area contributed by atoms with Crippen molar-refractivity contribution < 1.29 is 6.16 Å². The fourth-order valence-corrected chi connectivity index (χ4v) is 1.51. The zero-order valence-electron chi connectivity index (χ0n) is 10.6. The van der Waals surface area contributed by atoms with Gasteiger partial charge in [-0.2, -0.15) is 0 Å². The highest BCUT2D eigenvalue weighted by Crippen LogP contribution is 2.19. The van der Waals surface area contributed by atoms with E-state index in [1.807, 2.05) is 6.07 Å². The topological polar surface area (TPSA) is 21.3 Å². The van der Waals surface area contributed by atoms with E-state index in [4.69, 9.17) is 4.74 Å². The van der Waals surface area contributed by atoms with E-state index in [-0.39, 0.29) is 1.43 Å². The Morgan fingerprint density at radius 3 is 2.81 bits per heavy atom. The molecule has 1 aromatic carbocycles. The maximum atomic E-state index is 5.68. The molecular formula is C14H25NO. The fourth-order valence-electron chi connectivity index (χ4n) is 1.51. The van der Waals surface area contributed by atoms with Crippen molar-refractivity contribution in [1.29, 1.82) is 0 Å². The zero-order valence-corrected chi connectivity index (χ0v) is 10.6. The summed E-state index contributed by atoms with van der Waals surface area (Å²) in [6.07, 6.45) is 1.17. The summed E-state index contributed by atoms with van der Waals surface area (Å²) >= 11 is 0. The van der Waals surface area contributed by atoms with Gasteiger partial charge in [0, 0.05) is 7.97 Å². The molecule has 0 amide bonds. The highest BCUT2D eigenvalue weighted by Gasteiger charge is 2.00. The molecule has 0 fully saturated rings. The first kappa shape index (κ1) is 13.0. The lowest BCUT2D eigenvalue weighted by atomic mass is 10.0. The maximum Gasteiger partial charge on any atom is 0.119 e. The molecule has 0 spiro atoms. The average molecular weight is 223 g/mol. The van der Waals surface area contributed by atoms with Crippen LogP contribution in [0.1, 0.15) is 40.1 Å². The summed E-state index contributed by atoms with van der Waals surface area (Å²) in [6, 6.07) is 8.35. The monoisotopic (exact) mass is 223 g/mol. The van der Waals surface area contributed by atoms with Gasteiger partial charge in [-0.3, -0.25) is 0 Å². The molecule has 0 aromatic heterocycles. The minimum atomic E-state index is 0. The van der Waals surface area contributed by atoms with Crippen LogP contribution in [0.25, 0.3) is 0 Å². The van der Waals surface area contributed by atoms with Gasteiger partial charge in [0.25, 0.3) is 0 Å². The van der Waals surface area contributed by atoms with E-state index in [1.165, 1.54) is 12.0 Å². The van der Waals surface area contributed by atoms with Gasteiger partial charge in [0.2, 0.25) is 0 Å². The first-order chi connectivity index (χ1) is 7.74. The third-order valence-corrected chi connectivity index (χ3v) is 2.50. The van der Waals surface area contributed by atoms with Crippen LogP contribution < -0.4 is 10.1 Å². The highest BCUT2D eigenvalue weighted by atomic mass is 16.5. The van der Waals surface area contributed by atoms with E-state index in [9.17, 15) is 0 Å². The average Bonchev–Trinajstić information content (AvgIpc) is 2.29. The van der Waals surface area contributed by atoms with Crippen molar-refractivity contribution in [2.75, 3.05) is 19.7 Å². The number of hydrogen-bond acceptors (Lipinski definition) is 2. The van der Waals surface area contributed by atoms with Gasteiger partial charge in [0.15, 0.2) is 0 Å². The molecule has 92 valence electrons. The molecule has 0 heterocycles. The van der Waals surface area contributed by atoms with Crippen LogP contribution in [0, 0.1) is 0 Å². The molecule has 0 saturated carbocycles. The van der Waals surface area contributed by atoms with Gasteiger partial charge in [-0.25, -0.2) is 0 Å². The summed E-state index contributed by atoms with van der Waals surface area (Å²) in [6.45, 7) is 9.28. The predicted molar refractivity (Wildman–Crippen MR) is 71.3 cm³/mol. The fraction of sp³-hybridized carbons (Fsp3) is 0.571. The van der Waals surface area contributed by atoms with Crippen LogP contribution in [-0.2, 0) is 0 Å². The third kappa shape index (κ3) is 4.67. The second-order valence-electron chi connectivity index (χ2n) is 4.33. The molecule has 2 heteroatoms. The Morgan fingerprint density at radius 2 is 2.12 bits per heavy atom. The van der Waals surface area contributed by atoms with Crippen molar-refractivity contribution in [1.82, 2.24) is 5.32 Å². The lowest BCUT2D eigenvalue weighted by molar-refractivity contribution is 0.314. The van der Waals surface area contributed by atoms with Gasteiger partial charge in [-0.15, -0.1) is 0 Å². The molecule has 0 aliphatic heterocycles. The number of benzene rings is 1. The number of ether oxygens (including phenoxy) is 1. The Morgan fingerprint density at radius 1 is 1.31 bits per heavy atom. The van der Waals surface area contributed by atoms with E-state index in [2.05, 4.69) is 44.3 Å². The molecule has 0 aliphatic carbocycles. The normalized spacial score (nSPS) is 10.8. The molecule has 1 N–H and O–H groups in total. The largest absolute Gasteiger partial charge is 0.492 e. The molecular weight excluding hydrogens is 198 g/mol. The van der Waals surface area contributed by atoms with Crippen LogP contribution in [-0.4, -0.2) is 19.7 Å². The summed E-state index contributed by atoms with van der Waals surface area (Å²) < 4.78 is 5.68. The van der Waals surface area contributed by atoms with Gasteiger partial charge >= 0.3 is 0 Å². The Balaban J connectivity index is 0.00000256. The third-order valence-electron chi connectivity index (χ3n) is 2.50. The van der Waals surface area contributed by atoms with Crippen molar-refractivity contribution in [2.45, 2.75) is 33.1 Å². The minimum Gasteiger partial charge on any atom is -0.492 e. The van der Waals surface area contributed by atoms with Crippen molar-refractivity contribution in [3.05, 3.63) is 29.8 Å². The number of hydrogen-bond donors (Lipinski definition) is 1. The summed E-state index contributed by atoms with van der Waals surface area (Å²) in [4.78, 5) is 0. The zero-order chi connectivity index (χ0) is 11.8. The second-order valence-corrected chi connectivity index (χ2v) is 4.33. The van der Waals surface area contributed by atoms with Crippen molar-refractivity contribution >= 4 is 0 Å². The van der Waals surface area contributed by atoms with Crippen LogP contribution >= 0.6 is 0 Å². The summed E-state index contributed by atoms with van der Waals surface area (Å²) in [5.74, 6) is 1.53. The molecule has 0 aliphatic rings. The summed E-state index contributed by atoms with van der Waals surface area (Å²) in [5, 5.41) is 3.32. The molecule has 0 atom stereocenters. The van der Waals surface area contributed by atoms with E-state index in [0.717, 1.165) is 25.4 Å². The molecule has 0 bridgehead atoms. The number of nitrogens with one attached hydrogen (secondary N) is 1. The van der Waals surface area contributed by atoms with E-state index in [0.29, 0.717) is 5.92 Å². The van der Waals surface area contributed by atoms with E-state index >= 15 is 0 Å². The van der Waals surface area contributed by atoms with Crippen molar-refractivity contribution in [3.8, 4) is 5.75 Å². The standard InChI is InChI=1S/C14H23NO.H2/c1-4-8-15-9-10-16-14-7-5-6-13(11-14)12(2)3;/h5-7,11-12,15H,4,8-10H2,1-3H3;1H. The Kier molecular flexibility index (Phi) is 5.94. The molecule has 1 rings (SSSR count). The smallest absolute Gasteiger partial charge is 0.119 e. The molecule has 0 saturated heterocycles. The SMILES string of the molecule is CCCNCCOc1cccc(C(C)C)c1.[HH]. The van der Waals surface area contributed by atoms with Crippen LogP contribution in [0.2, 0.25) is 0 Å². The lowest BCUT2D eigenvalue weighted by Gasteiger charge is -2.10. The van der Waals surface area contributed by atoms with E-state index in [1.54, 1.807) is 0 Å². The van der Waals surface area contributed by atoms with Gasteiger partial charge in [-0.1, -0.05) is 32.9 Å². The van der Waals surface area contributed by atoms with E-state index < -0.39 is 0 Å². The van der Waals surface area contributed by atoms with Gasteiger partial charge in [0.05, 0.1) is 0 Å². The minimum absolute atomic E-state index is 0. The lowest BCUT2D eigenvalue weighted by Crippen LogP contribution is -2.21. The van der Waals surface area contributed by atoms with Crippen LogP contribution in [0.5, 0.6) is 5.75 Å². The predicted octanol–water partition coefficient (Wildman–Crippen LogP) is 3.43. The van der Waals surface area contributed by atoms with Crippen LogP contribution in [0.4, 0.5) is 0 Å². The Hall–Kier alpha value is -1.02.